The van der Waals surface area contributed by atoms with Crippen molar-refractivity contribution in [3.63, 3.8) is 0 Å². The Bertz CT molecular complexity index is 293. The van der Waals surface area contributed by atoms with Crippen LogP contribution in [0.3, 0.4) is 0 Å². The predicted molar refractivity (Wildman–Crippen MR) is 68.1 cm³/mol. The smallest absolute Gasteiger partial charge is 0.150 e. The Kier molecular flexibility index (Phi) is 11.1. The summed E-state index contributed by atoms with van der Waals surface area (Å²) in [5, 5.41) is 8.89. The van der Waals surface area contributed by atoms with Gasteiger partial charge in [0.15, 0.2) is 0 Å². The minimum Gasteiger partial charge on any atom is -0.315 e. The highest BCUT2D eigenvalue weighted by Crippen LogP contribution is 2.07. The summed E-state index contributed by atoms with van der Waals surface area (Å²) in [6, 6.07) is 5.68. The molecule has 3 nitrogen and oxygen atoms in total. The lowest BCUT2D eigenvalue weighted by atomic mass is 10.1. The van der Waals surface area contributed by atoms with Crippen molar-refractivity contribution in [3.8, 4) is 0 Å². The SMILES string of the molecule is CC.CN(C)O.Cc1ccc(C=O)cc1C. The summed E-state index contributed by atoms with van der Waals surface area (Å²) in [4.78, 5) is 10.3. The molecule has 1 aromatic rings. The summed E-state index contributed by atoms with van der Waals surface area (Å²) in [6.07, 6.45) is 0.867. The van der Waals surface area contributed by atoms with E-state index in [1.807, 2.05) is 45.9 Å². The molecule has 1 rings (SSSR count). The highest BCUT2D eigenvalue weighted by molar-refractivity contribution is 5.75. The minimum atomic E-state index is 0.753. The Morgan fingerprint density at radius 2 is 1.56 bits per heavy atom. The molecule has 0 unspecified atom stereocenters. The number of hydrogen-bond donors (Lipinski definition) is 1. The lowest BCUT2D eigenvalue weighted by Crippen LogP contribution is -2.01. The van der Waals surface area contributed by atoms with Crippen LogP contribution in [0.2, 0.25) is 0 Å². The van der Waals surface area contributed by atoms with E-state index in [1.54, 1.807) is 14.1 Å². The molecule has 1 aromatic carbocycles. The number of hydrogen-bond acceptors (Lipinski definition) is 3. The van der Waals surface area contributed by atoms with E-state index >= 15 is 0 Å². The van der Waals surface area contributed by atoms with E-state index in [2.05, 4.69) is 0 Å². The zero-order valence-electron chi connectivity index (χ0n) is 11.1. The fraction of sp³-hybridized carbons (Fsp3) is 0.462. The van der Waals surface area contributed by atoms with Gasteiger partial charge in [-0.2, -0.15) is 5.06 Å². The van der Waals surface area contributed by atoms with Crippen LogP contribution in [0.1, 0.15) is 35.3 Å². The first-order valence-electron chi connectivity index (χ1n) is 5.36. The third-order valence-corrected chi connectivity index (χ3v) is 1.67. The van der Waals surface area contributed by atoms with Crippen molar-refractivity contribution in [2.75, 3.05) is 14.1 Å². The van der Waals surface area contributed by atoms with E-state index in [0.717, 1.165) is 16.9 Å². The van der Waals surface area contributed by atoms with E-state index < -0.39 is 0 Å². The van der Waals surface area contributed by atoms with Crippen molar-refractivity contribution in [2.45, 2.75) is 27.7 Å². The Balaban J connectivity index is 0. The first-order valence-corrected chi connectivity index (χ1v) is 5.36. The summed E-state index contributed by atoms with van der Waals surface area (Å²) in [6.45, 7) is 8.03. The zero-order chi connectivity index (χ0) is 13.1. The largest absolute Gasteiger partial charge is 0.315 e. The molecule has 0 aromatic heterocycles. The maximum absolute atomic E-state index is 10.3. The molecule has 0 atom stereocenters. The number of rotatable bonds is 1. The number of aldehydes is 1. The van der Waals surface area contributed by atoms with Crippen molar-refractivity contribution in [1.82, 2.24) is 5.06 Å². The maximum atomic E-state index is 10.3. The van der Waals surface area contributed by atoms with Gasteiger partial charge in [-0.3, -0.25) is 4.79 Å². The van der Waals surface area contributed by atoms with E-state index in [1.165, 1.54) is 11.1 Å². The number of aryl methyl sites for hydroxylation is 2. The summed E-state index contributed by atoms with van der Waals surface area (Å²) < 4.78 is 0. The van der Waals surface area contributed by atoms with E-state index in [0.29, 0.717) is 0 Å². The number of nitrogens with zero attached hydrogens (tertiary/aromatic N) is 1. The van der Waals surface area contributed by atoms with Crippen LogP contribution in [-0.2, 0) is 0 Å². The minimum absolute atomic E-state index is 0.753. The van der Waals surface area contributed by atoms with Crippen LogP contribution in [0.4, 0.5) is 0 Å². The average Bonchev–Trinajstić information content (AvgIpc) is 2.24. The fourth-order valence-corrected chi connectivity index (χ4v) is 0.838. The van der Waals surface area contributed by atoms with Gasteiger partial charge in [0.25, 0.3) is 0 Å². The lowest BCUT2D eigenvalue weighted by Gasteiger charge is -1.97. The molecule has 0 amide bonds. The number of carbonyl (C=O) groups excluding carboxylic acids is 1. The molecule has 0 spiro atoms. The van der Waals surface area contributed by atoms with Crippen LogP contribution in [0.15, 0.2) is 18.2 Å². The zero-order valence-corrected chi connectivity index (χ0v) is 11.1. The molecule has 0 radical (unpaired) electrons. The van der Waals surface area contributed by atoms with Gasteiger partial charge >= 0.3 is 0 Å². The van der Waals surface area contributed by atoms with Crippen molar-refractivity contribution in [1.29, 1.82) is 0 Å². The molecule has 0 aliphatic carbocycles. The van der Waals surface area contributed by atoms with Gasteiger partial charge in [-0.1, -0.05) is 26.0 Å². The molecule has 0 saturated carbocycles. The van der Waals surface area contributed by atoms with Crippen molar-refractivity contribution in [2.24, 2.45) is 0 Å². The van der Waals surface area contributed by atoms with E-state index in [9.17, 15) is 4.79 Å². The Morgan fingerprint density at radius 3 is 1.88 bits per heavy atom. The lowest BCUT2D eigenvalue weighted by molar-refractivity contribution is -0.0372. The highest BCUT2D eigenvalue weighted by atomic mass is 16.5. The first kappa shape index (κ1) is 17.2. The molecule has 0 bridgehead atoms. The molecule has 0 saturated heterocycles. The van der Waals surface area contributed by atoms with Gasteiger partial charge in [-0.05, 0) is 31.0 Å². The summed E-state index contributed by atoms with van der Waals surface area (Å²) >= 11 is 0. The molecule has 16 heavy (non-hydrogen) atoms. The van der Waals surface area contributed by atoms with Gasteiger partial charge < -0.3 is 5.21 Å². The standard InChI is InChI=1S/C9H10O.C2H7NO.C2H6/c1-7-3-4-9(6-10)5-8(7)2;1-3(2)4;1-2/h3-6H,1-2H3;4H,1-2H3;1-2H3. The summed E-state index contributed by atoms with van der Waals surface area (Å²) in [5.41, 5.74) is 3.15. The van der Waals surface area contributed by atoms with Crippen molar-refractivity contribution >= 4 is 6.29 Å². The quantitative estimate of drug-likeness (QED) is 0.590. The molecule has 0 aliphatic heterocycles. The first-order chi connectivity index (χ1) is 7.47. The Morgan fingerprint density at radius 1 is 1.12 bits per heavy atom. The third-order valence-electron chi connectivity index (χ3n) is 1.67. The van der Waals surface area contributed by atoms with Gasteiger partial charge in [0.2, 0.25) is 0 Å². The van der Waals surface area contributed by atoms with Gasteiger partial charge in [0.05, 0.1) is 0 Å². The van der Waals surface area contributed by atoms with Crippen molar-refractivity contribution in [3.05, 3.63) is 34.9 Å². The number of hydroxylamine groups is 2. The van der Waals surface area contributed by atoms with E-state index in [4.69, 9.17) is 5.21 Å². The molecule has 0 aliphatic rings. The molecular formula is C13H23NO2. The Labute approximate surface area is 98.7 Å². The summed E-state index contributed by atoms with van der Waals surface area (Å²) in [7, 11) is 3.11. The van der Waals surface area contributed by atoms with Gasteiger partial charge in [-0.25, -0.2) is 0 Å². The number of benzene rings is 1. The molecule has 0 fully saturated rings. The molecular weight excluding hydrogens is 202 g/mol. The molecule has 0 heterocycles. The van der Waals surface area contributed by atoms with Gasteiger partial charge in [0, 0.05) is 19.7 Å². The molecule has 1 N–H and O–H groups in total. The fourth-order valence-electron chi connectivity index (χ4n) is 0.838. The van der Waals surface area contributed by atoms with Crippen LogP contribution < -0.4 is 0 Å². The summed E-state index contributed by atoms with van der Waals surface area (Å²) in [5.74, 6) is 0. The second-order valence-electron chi connectivity index (χ2n) is 3.31. The second-order valence-corrected chi connectivity index (χ2v) is 3.31. The number of carbonyl (C=O) groups is 1. The maximum Gasteiger partial charge on any atom is 0.150 e. The molecule has 3 heteroatoms. The predicted octanol–water partition coefficient (Wildman–Crippen LogP) is 3.08. The van der Waals surface area contributed by atoms with Crippen LogP contribution in [0, 0.1) is 13.8 Å². The van der Waals surface area contributed by atoms with Crippen LogP contribution in [0.25, 0.3) is 0 Å². The van der Waals surface area contributed by atoms with Gasteiger partial charge in [-0.15, -0.1) is 0 Å². The van der Waals surface area contributed by atoms with Crippen LogP contribution in [-0.4, -0.2) is 30.7 Å². The van der Waals surface area contributed by atoms with Gasteiger partial charge in [0.1, 0.15) is 6.29 Å². The average molecular weight is 225 g/mol. The monoisotopic (exact) mass is 225 g/mol. The molecule has 92 valence electrons. The van der Waals surface area contributed by atoms with Crippen LogP contribution in [0.5, 0.6) is 0 Å². The third kappa shape index (κ3) is 9.37. The second kappa shape index (κ2) is 10.3. The topological polar surface area (TPSA) is 40.5 Å². The normalized spacial score (nSPS) is 8.50. The van der Waals surface area contributed by atoms with E-state index in [-0.39, 0.29) is 0 Å². The van der Waals surface area contributed by atoms with Crippen molar-refractivity contribution < 1.29 is 10.0 Å². The highest BCUT2D eigenvalue weighted by Gasteiger charge is 1.92. The Hall–Kier alpha value is -1.19. The van der Waals surface area contributed by atoms with Crippen LogP contribution >= 0.6 is 0 Å².